The molecule has 4 rings (SSSR count). The Hall–Kier alpha value is -1.97. The summed E-state index contributed by atoms with van der Waals surface area (Å²) in [7, 11) is -3.99. The largest absolute Gasteiger partial charge is 0.367 e. The Morgan fingerprint density at radius 3 is 2.18 bits per heavy atom. The van der Waals surface area contributed by atoms with Crippen LogP contribution in [0, 0.1) is 0 Å². The van der Waals surface area contributed by atoms with Crippen LogP contribution in [0.2, 0.25) is 0 Å². The lowest BCUT2D eigenvalue weighted by Crippen LogP contribution is -2.41. The van der Waals surface area contributed by atoms with E-state index in [-0.39, 0.29) is 26.9 Å². The van der Waals surface area contributed by atoms with Crippen molar-refractivity contribution in [2.45, 2.75) is 23.5 Å². The number of ketones is 2. The Morgan fingerprint density at radius 1 is 0.929 bits per heavy atom. The summed E-state index contributed by atoms with van der Waals surface area (Å²) in [6.45, 7) is 1.23. The summed E-state index contributed by atoms with van der Waals surface area (Å²) in [4.78, 5) is 28.2. The first-order valence-electron chi connectivity index (χ1n) is 8.84. The van der Waals surface area contributed by atoms with Gasteiger partial charge in [-0.3, -0.25) is 14.3 Å². The highest BCUT2D eigenvalue weighted by molar-refractivity contribution is 9.11. The van der Waals surface area contributed by atoms with Crippen LogP contribution in [0.4, 0.5) is 0 Å². The number of rotatable bonds is 4. The molecule has 146 valence electrons. The minimum Gasteiger partial charge on any atom is -0.367 e. The van der Waals surface area contributed by atoms with E-state index in [2.05, 4.69) is 20.7 Å². The molecule has 1 N–H and O–H groups in total. The van der Waals surface area contributed by atoms with Crippen LogP contribution in [0.1, 0.15) is 40.0 Å². The first-order valence-corrected chi connectivity index (χ1v) is 11.9. The molecule has 0 atom stereocenters. The van der Waals surface area contributed by atoms with Crippen molar-refractivity contribution in [1.29, 1.82) is 0 Å². The fourth-order valence-electron chi connectivity index (χ4n) is 3.50. The maximum Gasteiger partial charge on any atom is 0.271 e. The quantitative estimate of drug-likeness (QED) is 0.722. The molecule has 0 spiro atoms. The number of fused-ring (bicyclic) bond motifs is 1. The van der Waals surface area contributed by atoms with Crippen LogP contribution in [0.3, 0.4) is 0 Å². The van der Waals surface area contributed by atoms with Crippen LogP contribution in [-0.2, 0) is 10.0 Å². The molecule has 1 aliphatic heterocycles. The molecule has 1 saturated heterocycles. The summed E-state index contributed by atoms with van der Waals surface area (Å²) in [6, 6.07) is 9.62. The highest BCUT2D eigenvalue weighted by Crippen LogP contribution is 2.31. The molecule has 2 aromatic rings. The highest BCUT2D eigenvalue weighted by Gasteiger charge is 2.37. The van der Waals surface area contributed by atoms with Crippen molar-refractivity contribution < 1.29 is 18.0 Å². The van der Waals surface area contributed by atoms with Crippen molar-refractivity contribution in [2.75, 3.05) is 13.1 Å². The van der Waals surface area contributed by atoms with Gasteiger partial charge in [0.1, 0.15) is 15.6 Å². The average Bonchev–Trinajstić information content (AvgIpc) is 3.14. The summed E-state index contributed by atoms with van der Waals surface area (Å²) in [6.07, 6.45) is 2.84. The Kier molecular flexibility index (Phi) is 5.15. The SMILES string of the molecule is O=C1C(NS(=O)(=O)c2ccc(Br)s2)=C(N2CCCCC2)C(=O)c2ccccc21. The highest BCUT2D eigenvalue weighted by atomic mass is 79.9. The number of carbonyl (C=O) groups is 2. The van der Waals surface area contributed by atoms with E-state index < -0.39 is 15.8 Å². The van der Waals surface area contributed by atoms with E-state index in [1.54, 1.807) is 30.3 Å². The molecular formula is C19H17BrN2O4S2. The summed E-state index contributed by atoms with van der Waals surface area (Å²) < 4.78 is 28.9. The van der Waals surface area contributed by atoms with Gasteiger partial charge in [-0.05, 0) is 47.3 Å². The van der Waals surface area contributed by atoms with Gasteiger partial charge in [-0.1, -0.05) is 24.3 Å². The second kappa shape index (κ2) is 7.46. The Labute approximate surface area is 175 Å². The van der Waals surface area contributed by atoms with Gasteiger partial charge in [0.05, 0.1) is 3.79 Å². The van der Waals surface area contributed by atoms with Gasteiger partial charge in [-0.25, -0.2) is 8.42 Å². The van der Waals surface area contributed by atoms with Gasteiger partial charge in [-0.2, -0.15) is 0 Å². The summed E-state index contributed by atoms with van der Waals surface area (Å²) in [5, 5.41) is 0. The molecule has 0 saturated carbocycles. The van der Waals surface area contributed by atoms with E-state index >= 15 is 0 Å². The Balaban J connectivity index is 1.83. The van der Waals surface area contributed by atoms with Crippen molar-refractivity contribution >= 4 is 48.9 Å². The van der Waals surface area contributed by atoms with Crippen LogP contribution in [0.25, 0.3) is 0 Å². The Morgan fingerprint density at radius 2 is 1.57 bits per heavy atom. The van der Waals surface area contributed by atoms with Crippen molar-refractivity contribution in [3.05, 3.63) is 62.7 Å². The number of hydrogen-bond acceptors (Lipinski definition) is 6. The van der Waals surface area contributed by atoms with Crippen LogP contribution < -0.4 is 4.72 Å². The zero-order valence-corrected chi connectivity index (χ0v) is 18.0. The monoisotopic (exact) mass is 480 g/mol. The van der Waals surface area contributed by atoms with Crippen molar-refractivity contribution in [1.82, 2.24) is 9.62 Å². The van der Waals surface area contributed by atoms with E-state index in [1.165, 1.54) is 6.07 Å². The van der Waals surface area contributed by atoms with Gasteiger partial charge in [0.15, 0.2) is 0 Å². The Bertz CT molecular complexity index is 1100. The van der Waals surface area contributed by atoms with E-state index in [1.807, 2.05) is 4.90 Å². The number of hydrogen-bond donors (Lipinski definition) is 1. The molecule has 0 amide bonds. The third kappa shape index (κ3) is 3.42. The van der Waals surface area contributed by atoms with E-state index in [0.29, 0.717) is 22.4 Å². The third-order valence-corrected chi connectivity index (χ3v) is 8.28. The number of nitrogens with zero attached hydrogens (tertiary/aromatic N) is 1. The fraction of sp³-hybridized carbons (Fsp3) is 0.263. The lowest BCUT2D eigenvalue weighted by atomic mass is 9.89. The number of nitrogens with one attached hydrogen (secondary N) is 1. The predicted octanol–water partition coefficient (Wildman–Crippen LogP) is 3.57. The zero-order chi connectivity index (χ0) is 19.9. The molecule has 0 radical (unpaired) electrons. The molecule has 6 nitrogen and oxygen atoms in total. The lowest BCUT2D eigenvalue weighted by Gasteiger charge is -2.34. The van der Waals surface area contributed by atoms with Gasteiger partial charge < -0.3 is 4.90 Å². The smallest absolute Gasteiger partial charge is 0.271 e. The number of thiophene rings is 1. The zero-order valence-electron chi connectivity index (χ0n) is 14.8. The van der Waals surface area contributed by atoms with E-state index in [9.17, 15) is 18.0 Å². The first-order chi connectivity index (χ1) is 13.4. The van der Waals surface area contributed by atoms with E-state index in [0.717, 1.165) is 30.6 Å². The van der Waals surface area contributed by atoms with Crippen LogP contribution in [0.5, 0.6) is 0 Å². The molecular weight excluding hydrogens is 464 g/mol. The lowest BCUT2D eigenvalue weighted by molar-refractivity contribution is 0.0930. The number of allylic oxidation sites excluding steroid dienone is 2. The number of carbonyl (C=O) groups excluding carboxylic acids is 2. The minimum absolute atomic E-state index is 0.0731. The molecule has 1 aliphatic carbocycles. The third-order valence-electron chi connectivity index (χ3n) is 4.82. The molecule has 2 aliphatic rings. The number of piperidine rings is 1. The predicted molar refractivity (Wildman–Crippen MR) is 110 cm³/mol. The average molecular weight is 481 g/mol. The normalized spacial score (nSPS) is 17.7. The number of benzene rings is 1. The van der Waals surface area contributed by atoms with Crippen LogP contribution in [0.15, 0.2) is 55.8 Å². The molecule has 1 aromatic carbocycles. The first kappa shape index (κ1) is 19.4. The van der Waals surface area contributed by atoms with E-state index in [4.69, 9.17) is 0 Å². The van der Waals surface area contributed by atoms with Gasteiger partial charge in [0.2, 0.25) is 11.6 Å². The molecule has 2 heterocycles. The van der Waals surface area contributed by atoms with Crippen molar-refractivity contribution in [3.8, 4) is 0 Å². The van der Waals surface area contributed by atoms with Gasteiger partial charge in [0.25, 0.3) is 10.0 Å². The molecule has 9 heteroatoms. The van der Waals surface area contributed by atoms with Crippen LogP contribution >= 0.6 is 27.3 Å². The fourth-order valence-corrected chi connectivity index (χ4v) is 6.58. The van der Waals surface area contributed by atoms with Gasteiger partial charge in [-0.15, -0.1) is 11.3 Å². The standard InChI is InChI=1S/C19H17BrN2O4S2/c20-14-8-9-15(27-14)28(25,26)21-16-17(22-10-4-1-5-11-22)19(24)13-7-3-2-6-12(13)18(16)23/h2-3,6-9,21H,1,4-5,10-11H2. The summed E-state index contributed by atoms with van der Waals surface area (Å²) in [5.41, 5.74) is 0.533. The summed E-state index contributed by atoms with van der Waals surface area (Å²) in [5.74, 6) is -0.794. The van der Waals surface area contributed by atoms with Crippen molar-refractivity contribution in [3.63, 3.8) is 0 Å². The minimum atomic E-state index is -3.99. The number of sulfonamides is 1. The molecule has 28 heavy (non-hydrogen) atoms. The second-order valence-electron chi connectivity index (χ2n) is 6.64. The molecule has 1 fully saturated rings. The topological polar surface area (TPSA) is 83.6 Å². The maximum atomic E-state index is 13.2. The van der Waals surface area contributed by atoms with Crippen LogP contribution in [-0.4, -0.2) is 38.0 Å². The summed E-state index contributed by atoms with van der Waals surface area (Å²) >= 11 is 4.29. The van der Waals surface area contributed by atoms with Crippen molar-refractivity contribution in [2.24, 2.45) is 0 Å². The number of Topliss-reactive ketones (excluding diaryl/α,β-unsaturated/α-hetero) is 2. The maximum absolute atomic E-state index is 13.2. The molecule has 1 aromatic heterocycles. The molecule has 0 bridgehead atoms. The second-order valence-corrected chi connectivity index (χ2v) is 11.0. The van der Waals surface area contributed by atoms with Gasteiger partial charge >= 0.3 is 0 Å². The molecule has 0 unspecified atom stereocenters. The number of likely N-dealkylation sites (tertiary alicyclic amines) is 1. The van der Waals surface area contributed by atoms with Gasteiger partial charge in [0, 0.05) is 24.2 Å². The number of halogens is 1.